The number of aromatic nitrogens is 5. The molecule has 9 heteroatoms. The SMILES string of the molecule is Cc1nc2sccn2c1-c1nnc(SCC(=O)N2CCCc3ccccc32)n1C. The van der Waals surface area contributed by atoms with Crippen LogP contribution in [0.2, 0.25) is 0 Å². The summed E-state index contributed by atoms with van der Waals surface area (Å²) in [6, 6.07) is 8.17. The Hall–Kier alpha value is -2.65. The third kappa shape index (κ3) is 3.14. The summed E-state index contributed by atoms with van der Waals surface area (Å²) in [6.07, 6.45) is 4.02. The van der Waals surface area contributed by atoms with Gasteiger partial charge in [-0.05, 0) is 31.4 Å². The fourth-order valence-corrected chi connectivity index (χ4v) is 5.35. The molecule has 0 aliphatic carbocycles. The van der Waals surface area contributed by atoms with E-state index in [4.69, 9.17) is 0 Å². The predicted molar refractivity (Wildman–Crippen MR) is 116 cm³/mol. The molecule has 0 radical (unpaired) electrons. The minimum absolute atomic E-state index is 0.104. The molecule has 0 saturated heterocycles. The average Bonchev–Trinajstić information content (AvgIpc) is 3.40. The van der Waals surface area contributed by atoms with Crippen LogP contribution in [0.5, 0.6) is 0 Å². The van der Waals surface area contributed by atoms with Crippen LogP contribution in [0, 0.1) is 6.92 Å². The molecule has 5 rings (SSSR count). The lowest BCUT2D eigenvalue weighted by Crippen LogP contribution is -2.36. The molecule has 0 saturated carbocycles. The van der Waals surface area contributed by atoms with Crippen molar-refractivity contribution in [2.45, 2.75) is 24.9 Å². The van der Waals surface area contributed by atoms with Crippen molar-refractivity contribution in [2.24, 2.45) is 7.05 Å². The van der Waals surface area contributed by atoms with E-state index < -0.39 is 0 Å². The number of para-hydroxylation sites is 1. The van der Waals surface area contributed by atoms with Gasteiger partial charge >= 0.3 is 0 Å². The first-order valence-corrected chi connectivity index (χ1v) is 11.3. The number of benzene rings is 1. The van der Waals surface area contributed by atoms with Crippen molar-refractivity contribution >= 4 is 39.7 Å². The van der Waals surface area contributed by atoms with Crippen molar-refractivity contribution in [1.29, 1.82) is 0 Å². The maximum atomic E-state index is 12.9. The highest BCUT2D eigenvalue weighted by Gasteiger charge is 2.24. The first-order chi connectivity index (χ1) is 14.1. The van der Waals surface area contributed by atoms with Crippen molar-refractivity contribution in [3.8, 4) is 11.5 Å². The molecule has 0 unspecified atom stereocenters. The molecule has 4 aromatic rings. The van der Waals surface area contributed by atoms with E-state index in [9.17, 15) is 4.79 Å². The zero-order chi connectivity index (χ0) is 20.0. The topological polar surface area (TPSA) is 68.3 Å². The van der Waals surface area contributed by atoms with Crippen LogP contribution in [-0.4, -0.2) is 42.4 Å². The van der Waals surface area contributed by atoms with Gasteiger partial charge in [-0.1, -0.05) is 30.0 Å². The first-order valence-electron chi connectivity index (χ1n) is 9.46. The highest BCUT2D eigenvalue weighted by molar-refractivity contribution is 7.99. The summed E-state index contributed by atoms with van der Waals surface area (Å²) < 4.78 is 3.98. The minimum atomic E-state index is 0.104. The normalized spacial score (nSPS) is 13.8. The zero-order valence-electron chi connectivity index (χ0n) is 16.2. The van der Waals surface area contributed by atoms with Crippen LogP contribution in [0.1, 0.15) is 17.7 Å². The number of amides is 1. The third-order valence-electron chi connectivity index (χ3n) is 5.22. The Kier molecular flexibility index (Phi) is 4.63. The molecule has 3 aromatic heterocycles. The van der Waals surface area contributed by atoms with E-state index in [0.29, 0.717) is 5.75 Å². The van der Waals surface area contributed by atoms with E-state index in [1.165, 1.54) is 17.3 Å². The molecule has 0 fully saturated rings. The summed E-state index contributed by atoms with van der Waals surface area (Å²) in [5.41, 5.74) is 4.15. The Morgan fingerprint density at radius 1 is 1.28 bits per heavy atom. The molecule has 0 N–H and O–H groups in total. The van der Waals surface area contributed by atoms with Crippen LogP contribution in [-0.2, 0) is 18.3 Å². The number of hydrogen-bond donors (Lipinski definition) is 0. The van der Waals surface area contributed by atoms with Gasteiger partial charge in [-0.15, -0.1) is 21.5 Å². The molecule has 1 aromatic carbocycles. The van der Waals surface area contributed by atoms with Gasteiger partial charge in [-0.3, -0.25) is 9.20 Å². The molecule has 0 spiro atoms. The van der Waals surface area contributed by atoms with Crippen molar-refractivity contribution in [2.75, 3.05) is 17.2 Å². The Bertz CT molecular complexity index is 1210. The Labute approximate surface area is 176 Å². The second-order valence-corrected chi connectivity index (χ2v) is 8.85. The van der Waals surface area contributed by atoms with Crippen molar-refractivity contribution in [3.05, 3.63) is 47.1 Å². The summed E-state index contributed by atoms with van der Waals surface area (Å²) >= 11 is 3.02. The van der Waals surface area contributed by atoms with Crippen LogP contribution in [0.15, 0.2) is 41.0 Å². The van der Waals surface area contributed by atoms with Crippen molar-refractivity contribution < 1.29 is 4.79 Å². The number of carbonyl (C=O) groups excluding carboxylic acids is 1. The lowest BCUT2D eigenvalue weighted by molar-refractivity contribution is -0.116. The molecule has 0 bridgehead atoms. The number of anilines is 1. The van der Waals surface area contributed by atoms with Crippen LogP contribution in [0.3, 0.4) is 0 Å². The van der Waals surface area contributed by atoms with Gasteiger partial charge in [-0.2, -0.15) is 0 Å². The maximum absolute atomic E-state index is 12.9. The van der Waals surface area contributed by atoms with E-state index in [2.05, 4.69) is 21.2 Å². The van der Waals surface area contributed by atoms with Crippen molar-refractivity contribution in [3.63, 3.8) is 0 Å². The molecule has 148 valence electrons. The summed E-state index contributed by atoms with van der Waals surface area (Å²) in [5, 5.41) is 11.5. The maximum Gasteiger partial charge on any atom is 0.237 e. The minimum Gasteiger partial charge on any atom is -0.311 e. The lowest BCUT2D eigenvalue weighted by Gasteiger charge is -2.29. The molecular formula is C20H20N6OS2. The smallest absolute Gasteiger partial charge is 0.237 e. The third-order valence-corrected chi connectivity index (χ3v) is 6.98. The van der Waals surface area contributed by atoms with Gasteiger partial charge in [0.25, 0.3) is 0 Å². The Morgan fingerprint density at radius 2 is 2.14 bits per heavy atom. The second kappa shape index (κ2) is 7.31. The standard InChI is InChI=1S/C20H20N6OS2/c1-13-17(26-10-11-28-19(26)21-13)18-22-23-20(24(18)2)29-12-16(27)25-9-5-7-14-6-3-4-8-15(14)25/h3-4,6,8,10-11H,5,7,9,12H2,1-2H3. The molecule has 1 amide bonds. The van der Waals surface area contributed by atoms with E-state index >= 15 is 0 Å². The summed E-state index contributed by atoms with van der Waals surface area (Å²) in [4.78, 5) is 20.3. The first kappa shape index (κ1) is 18.4. The largest absolute Gasteiger partial charge is 0.311 e. The molecule has 4 heterocycles. The fourth-order valence-electron chi connectivity index (χ4n) is 3.81. The molecule has 1 aliphatic rings. The molecular weight excluding hydrogens is 404 g/mol. The highest BCUT2D eigenvalue weighted by Crippen LogP contribution is 2.30. The quantitative estimate of drug-likeness (QED) is 0.469. The molecule has 29 heavy (non-hydrogen) atoms. The summed E-state index contributed by atoms with van der Waals surface area (Å²) in [5.74, 6) is 1.19. The number of nitrogens with zero attached hydrogens (tertiary/aromatic N) is 6. The monoisotopic (exact) mass is 424 g/mol. The molecule has 0 atom stereocenters. The van der Waals surface area contributed by atoms with Gasteiger partial charge in [0.1, 0.15) is 5.69 Å². The van der Waals surface area contributed by atoms with Crippen LogP contribution in [0.25, 0.3) is 16.5 Å². The average molecular weight is 425 g/mol. The number of fused-ring (bicyclic) bond motifs is 2. The van der Waals surface area contributed by atoms with Crippen LogP contribution in [0.4, 0.5) is 5.69 Å². The zero-order valence-corrected chi connectivity index (χ0v) is 17.8. The number of aryl methyl sites for hydroxylation is 2. The number of hydrogen-bond acceptors (Lipinski definition) is 6. The predicted octanol–water partition coefficient (Wildman–Crippen LogP) is 3.57. The van der Waals surface area contributed by atoms with E-state index in [0.717, 1.165) is 52.4 Å². The van der Waals surface area contributed by atoms with Gasteiger partial charge in [-0.25, -0.2) is 4.98 Å². The van der Waals surface area contributed by atoms with Gasteiger partial charge in [0.2, 0.25) is 5.91 Å². The van der Waals surface area contributed by atoms with Crippen LogP contribution >= 0.6 is 23.1 Å². The molecule has 1 aliphatic heterocycles. The summed E-state index contributed by atoms with van der Waals surface area (Å²) in [6.45, 7) is 2.75. The molecule has 7 nitrogen and oxygen atoms in total. The second-order valence-electron chi connectivity index (χ2n) is 7.03. The number of imidazole rings is 1. The highest BCUT2D eigenvalue weighted by atomic mass is 32.2. The van der Waals surface area contributed by atoms with E-state index in [-0.39, 0.29) is 5.91 Å². The number of carbonyl (C=O) groups is 1. The van der Waals surface area contributed by atoms with Gasteiger partial charge < -0.3 is 9.47 Å². The Morgan fingerprint density at radius 3 is 3.03 bits per heavy atom. The number of thiazole rings is 1. The van der Waals surface area contributed by atoms with E-state index in [1.807, 2.05) is 57.6 Å². The van der Waals surface area contributed by atoms with Crippen molar-refractivity contribution in [1.82, 2.24) is 24.1 Å². The van der Waals surface area contributed by atoms with E-state index in [1.54, 1.807) is 11.3 Å². The number of thioether (sulfide) groups is 1. The van der Waals surface area contributed by atoms with Gasteiger partial charge in [0, 0.05) is 30.9 Å². The summed E-state index contributed by atoms with van der Waals surface area (Å²) in [7, 11) is 1.93. The van der Waals surface area contributed by atoms with Gasteiger partial charge in [0.15, 0.2) is 15.9 Å². The lowest BCUT2D eigenvalue weighted by atomic mass is 10.0. The van der Waals surface area contributed by atoms with Gasteiger partial charge in [0.05, 0.1) is 11.4 Å². The van der Waals surface area contributed by atoms with Crippen LogP contribution < -0.4 is 4.90 Å². The Balaban J connectivity index is 1.36. The number of rotatable bonds is 4. The fraction of sp³-hybridized carbons (Fsp3) is 0.300.